The number of allylic oxidation sites excluding steroid dienone is 1. The molecule has 0 unspecified atom stereocenters. The van der Waals surface area contributed by atoms with Crippen molar-refractivity contribution in [2.24, 2.45) is 5.10 Å². The highest BCUT2D eigenvalue weighted by Crippen LogP contribution is 2.21. The number of nitro groups is 1. The maximum atomic E-state index is 10.9. The summed E-state index contributed by atoms with van der Waals surface area (Å²) < 4.78 is 0.747. The zero-order valence-electron chi connectivity index (χ0n) is 18.2. The van der Waals surface area contributed by atoms with Crippen molar-refractivity contribution < 1.29 is 4.92 Å². The average Bonchev–Trinajstić information content (AvgIpc) is 2.85. The molecule has 0 bridgehead atoms. The number of nitro benzene ring substituents is 1. The van der Waals surface area contributed by atoms with Gasteiger partial charge < -0.3 is 10.6 Å². The Balaban J connectivity index is 1.54. The lowest BCUT2D eigenvalue weighted by molar-refractivity contribution is -0.384. The van der Waals surface area contributed by atoms with Crippen LogP contribution in [0.3, 0.4) is 0 Å². The highest BCUT2D eigenvalue weighted by molar-refractivity contribution is 9.12. The number of non-ortho nitro benzene ring substituents is 1. The minimum absolute atomic E-state index is 0.0107. The van der Waals surface area contributed by atoms with E-state index in [0.717, 1.165) is 15.7 Å². The molecule has 0 radical (unpaired) electrons. The van der Waals surface area contributed by atoms with Crippen LogP contribution >= 0.6 is 15.9 Å². The van der Waals surface area contributed by atoms with Crippen molar-refractivity contribution in [1.29, 1.82) is 0 Å². The number of anilines is 5. The molecule has 1 aromatic heterocycles. The molecule has 1 heterocycles. The van der Waals surface area contributed by atoms with E-state index in [1.165, 1.54) is 12.1 Å². The molecule has 0 fully saturated rings. The Morgan fingerprint density at radius 1 is 0.800 bits per heavy atom. The molecule has 174 valence electrons. The number of hydrazone groups is 1. The van der Waals surface area contributed by atoms with E-state index >= 15 is 0 Å². The van der Waals surface area contributed by atoms with Crippen LogP contribution in [0.2, 0.25) is 0 Å². The van der Waals surface area contributed by atoms with Gasteiger partial charge in [-0.05, 0) is 51.8 Å². The van der Waals surface area contributed by atoms with Gasteiger partial charge in [0.15, 0.2) is 0 Å². The lowest BCUT2D eigenvalue weighted by Gasteiger charge is -2.10. The molecule has 0 aliphatic rings. The molecule has 4 aromatic rings. The van der Waals surface area contributed by atoms with Gasteiger partial charge in [0.1, 0.15) is 0 Å². The van der Waals surface area contributed by atoms with E-state index in [-0.39, 0.29) is 23.5 Å². The molecular formula is C24H19BrN8O2. The van der Waals surface area contributed by atoms with E-state index in [0.29, 0.717) is 5.69 Å². The van der Waals surface area contributed by atoms with Gasteiger partial charge in [-0.1, -0.05) is 48.5 Å². The van der Waals surface area contributed by atoms with Gasteiger partial charge in [-0.25, -0.2) is 5.43 Å². The third-order valence-corrected chi connectivity index (χ3v) is 4.89. The van der Waals surface area contributed by atoms with Gasteiger partial charge in [0.25, 0.3) is 5.69 Å². The number of rotatable bonds is 9. The molecule has 0 saturated carbocycles. The van der Waals surface area contributed by atoms with Crippen LogP contribution in [0.15, 0.2) is 94.5 Å². The summed E-state index contributed by atoms with van der Waals surface area (Å²) >= 11 is 3.47. The summed E-state index contributed by atoms with van der Waals surface area (Å²) in [7, 11) is 0. The molecule has 4 rings (SSSR count). The Kier molecular flexibility index (Phi) is 7.71. The van der Waals surface area contributed by atoms with Gasteiger partial charge in [0, 0.05) is 28.0 Å². The zero-order valence-corrected chi connectivity index (χ0v) is 19.8. The van der Waals surface area contributed by atoms with Crippen LogP contribution in [0.1, 0.15) is 5.56 Å². The van der Waals surface area contributed by atoms with Crippen LogP contribution in [-0.4, -0.2) is 26.1 Å². The van der Waals surface area contributed by atoms with E-state index in [1.54, 1.807) is 18.3 Å². The Labute approximate surface area is 209 Å². The highest BCUT2D eigenvalue weighted by Gasteiger charge is 2.09. The number of hydrogen-bond donors (Lipinski definition) is 3. The monoisotopic (exact) mass is 530 g/mol. The summed E-state index contributed by atoms with van der Waals surface area (Å²) in [6.45, 7) is 0. The standard InChI is InChI=1S/C24H19BrN8O2/c25-18(15-17-7-3-1-4-8-17)16-26-32-24-30-22(27-19-9-5-2-6-10-19)29-23(31-24)28-20-11-13-21(14-12-20)33(34)35/h1-16H,(H3,27,28,29,30,31,32)/b18-15+,26-16?. The van der Waals surface area contributed by atoms with Gasteiger partial charge in [-0.15, -0.1) is 0 Å². The fourth-order valence-corrected chi connectivity index (χ4v) is 3.25. The molecular weight excluding hydrogens is 512 g/mol. The van der Waals surface area contributed by atoms with Crippen molar-refractivity contribution in [2.75, 3.05) is 16.1 Å². The van der Waals surface area contributed by atoms with Crippen LogP contribution in [0.25, 0.3) is 6.08 Å². The maximum Gasteiger partial charge on any atom is 0.269 e. The minimum atomic E-state index is -0.459. The van der Waals surface area contributed by atoms with Crippen molar-refractivity contribution in [1.82, 2.24) is 15.0 Å². The fourth-order valence-electron chi connectivity index (χ4n) is 2.88. The first-order valence-corrected chi connectivity index (χ1v) is 11.2. The van der Waals surface area contributed by atoms with Gasteiger partial charge in [-0.3, -0.25) is 10.1 Å². The molecule has 0 spiro atoms. The van der Waals surface area contributed by atoms with Crippen molar-refractivity contribution in [2.45, 2.75) is 0 Å². The molecule has 3 aromatic carbocycles. The number of hydrogen-bond acceptors (Lipinski definition) is 9. The summed E-state index contributed by atoms with van der Waals surface area (Å²) in [5, 5.41) is 21.2. The van der Waals surface area contributed by atoms with Crippen molar-refractivity contribution in [3.05, 3.63) is 105 Å². The molecule has 11 heteroatoms. The second kappa shape index (κ2) is 11.5. The van der Waals surface area contributed by atoms with Crippen LogP contribution < -0.4 is 16.1 Å². The number of nitrogens with zero attached hydrogens (tertiary/aromatic N) is 5. The van der Waals surface area contributed by atoms with Crippen molar-refractivity contribution in [3.63, 3.8) is 0 Å². The lowest BCUT2D eigenvalue weighted by atomic mass is 10.2. The maximum absolute atomic E-state index is 10.9. The average molecular weight is 531 g/mol. The van der Waals surface area contributed by atoms with Crippen LogP contribution in [0.4, 0.5) is 34.9 Å². The smallest absolute Gasteiger partial charge is 0.269 e. The Bertz CT molecular complexity index is 1350. The summed E-state index contributed by atoms with van der Waals surface area (Å²) in [5.41, 5.74) is 5.19. The third kappa shape index (κ3) is 7.17. The number of aromatic nitrogens is 3. The fraction of sp³-hybridized carbons (Fsp3) is 0. The SMILES string of the molecule is O=[N+]([O-])c1ccc(Nc2nc(NN=C/C(Br)=C\c3ccccc3)nc(Nc3ccccc3)n2)cc1. The van der Waals surface area contributed by atoms with Gasteiger partial charge in [0.2, 0.25) is 17.8 Å². The normalized spacial score (nSPS) is 11.3. The third-order valence-electron chi connectivity index (χ3n) is 4.46. The van der Waals surface area contributed by atoms with E-state index in [4.69, 9.17) is 0 Å². The molecule has 0 aliphatic carbocycles. The van der Waals surface area contributed by atoms with E-state index in [9.17, 15) is 10.1 Å². The molecule has 0 aliphatic heterocycles. The predicted molar refractivity (Wildman–Crippen MR) is 141 cm³/mol. The van der Waals surface area contributed by atoms with Crippen LogP contribution in [-0.2, 0) is 0 Å². The van der Waals surface area contributed by atoms with E-state index < -0.39 is 4.92 Å². The first-order valence-electron chi connectivity index (χ1n) is 10.4. The molecule has 0 atom stereocenters. The minimum Gasteiger partial charge on any atom is -0.324 e. The number of nitrogens with one attached hydrogen (secondary N) is 3. The first kappa shape index (κ1) is 23.5. The Hall–Kier alpha value is -4.64. The van der Waals surface area contributed by atoms with Crippen molar-refractivity contribution >= 4 is 63.1 Å². The highest BCUT2D eigenvalue weighted by atomic mass is 79.9. The van der Waals surface area contributed by atoms with Crippen LogP contribution in [0, 0.1) is 10.1 Å². The van der Waals surface area contributed by atoms with Crippen LogP contribution in [0.5, 0.6) is 0 Å². The van der Waals surface area contributed by atoms with Crippen molar-refractivity contribution in [3.8, 4) is 0 Å². The largest absolute Gasteiger partial charge is 0.324 e. The molecule has 3 N–H and O–H groups in total. The number of para-hydroxylation sites is 1. The van der Waals surface area contributed by atoms with Gasteiger partial charge >= 0.3 is 0 Å². The molecule has 0 amide bonds. The van der Waals surface area contributed by atoms with E-state index in [2.05, 4.69) is 52.0 Å². The second-order valence-corrected chi connectivity index (χ2v) is 7.95. The van der Waals surface area contributed by atoms with Gasteiger partial charge in [0.05, 0.1) is 11.1 Å². The Morgan fingerprint density at radius 2 is 1.34 bits per heavy atom. The Morgan fingerprint density at radius 3 is 1.94 bits per heavy atom. The quantitative estimate of drug-likeness (QED) is 0.134. The summed E-state index contributed by atoms with van der Waals surface area (Å²) in [6.07, 6.45) is 3.51. The second-order valence-electron chi connectivity index (χ2n) is 7.04. The summed E-state index contributed by atoms with van der Waals surface area (Å²) in [6, 6.07) is 25.2. The first-order chi connectivity index (χ1) is 17.0. The molecule has 35 heavy (non-hydrogen) atoms. The van der Waals surface area contributed by atoms with E-state index in [1.807, 2.05) is 66.7 Å². The predicted octanol–water partition coefficient (Wildman–Crippen LogP) is 6.10. The molecule has 0 saturated heterocycles. The number of benzene rings is 3. The van der Waals surface area contributed by atoms with Gasteiger partial charge in [-0.2, -0.15) is 20.1 Å². The molecule has 10 nitrogen and oxygen atoms in total. The number of halogens is 1. The topological polar surface area (TPSA) is 130 Å². The lowest BCUT2D eigenvalue weighted by Crippen LogP contribution is -2.07. The summed E-state index contributed by atoms with van der Waals surface area (Å²) in [5.74, 6) is 0.704. The summed E-state index contributed by atoms with van der Waals surface area (Å²) in [4.78, 5) is 23.5. The zero-order chi connectivity index (χ0) is 24.5.